The van der Waals surface area contributed by atoms with Gasteiger partial charge in [0.1, 0.15) is 5.52 Å². The number of pyridine rings is 1. The largest absolute Gasteiger partial charge is 0.378 e. The summed E-state index contributed by atoms with van der Waals surface area (Å²) >= 11 is 0. The van der Waals surface area contributed by atoms with Gasteiger partial charge in [-0.3, -0.25) is 0 Å². The molecule has 0 bridgehead atoms. The van der Waals surface area contributed by atoms with Crippen LogP contribution < -0.4 is 10.6 Å². The molecular formula is C24H23N5O. The van der Waals surface area contributed by atoms with Gasteiger partial charge in [-0.25, -0.2) is 15.0 Å². The van der Waals surface area contributed by atoms with E-state index in [0.29, 0.717) is 6.42 Å². The average Bonchev–Trinajstić information content (AvgIpc) is 2.80. The second kappa shape index (κ2) is 8.08. The standard InChI is InChI=1S/C24H23N5O/c25-24-27-21-11-10-20(18-6-8-19(9-7-18)29-12-14-30-15-13-29)26-23(21)22(28-24)16-17-4-2-1-3-5-17/h1-11H,12-16H2,(H2,25,27,28). The highest BCUT2D eigenvalue weighted by molar-refractivity contribution is 5.81. The maximum Gasteiger partial charge on any atom is 0.220 e. The summed E-state index contributed by atoms with van der Waals surface area (Å²) in [6.07, 6.45) is 0.663. The molecule has 0 radical (unpaired) electrons. The molecule has 1 fully saturated rings. The molecule has 0 saturated carbocycles. The van der Waals surface area contributed by atoms with Gasteiger partial charge in [-0.2, -0.15) is 0 Å². The maximum absolute atomic E-state index is 5.95. The van der Waals surface area contributed by atoms with Crippen molar-refractivity contribution in [2.75, 3.05) is 36.9 Å². The molecule has 0 unspecified atom stereocenters. The fourth-order valence-corrected chi connectivity index (χ4v) is 3.83. The molecule has 3 heterocycles. The first-order valence-electron chi connectivity index (χ1n) is 10.2. The van der Waals surface area contributed by atoms with E-state index in [1.165, 1.54) is 11.3 Å². The van der Waals surface area contributed by atoms with Crippen LogP contribution in [0.1, 0.15) is 11.3 Å². The molecule has 5 rings (SSSR count). The van der Waals surface area contributed by atoms with E-state index in [2.05, 4.69) is 51.3 Å². The zero-order valence-electron chi connectivity index (χ0n) is 16.7. The number of rotatable bonds is 4. The van der Waals surface area contributed by atoms with E-state index in [0.717, 1.165) is 54.3 Å². The van der Waals surface area contributed by atoms with Gasteiger partial charge in [0.05, 0.1) is 30.1 Å². The number of hydrogen-bond acceptors (Lipinski definition) is 6. The number of hydrogen-bond donors (Lipinski definition) is 1. The Morgan fingerprint density at radius 3 is 2.37 bits per heavy atom. The van der Waals surface area contributed by atoms with Crippen molar-refractivity contribution in [3.63, 3.8) is 0 Å². The van der Waals surface area contributed by atoms with Crippen LogP contribution in [0.4, 0.5) is 11.6 Å². The third kappa shape index (κ3) is 3.82. The summed E-state index contributed by atoms with van der Waals surface area (Å²) in [5.74, 6) is 0.276. The predicted molar refractivity (Wildman–Crippen MR) is 119 cm³/mol. The van der Waals surface area contributed by atoms with Gasteiger partial charge in [-0.05, 0) is 29.8 Å². The first-order valence-corrected chi connectivity index (χ1v) is 10.2. The van der Waals surface area contributed by atoms with E-state index in [4.69, 9.17) is 15.5 Å². The summed E-state index contributed by atoms with van der Waals surface area (Å²) in [7, 11) is 0. The van der Waals surface area contributed by atoms with Crippen LogP contribution in [0, 0.1) is 0 Å². The molecule has 0 atom stereocenters. The number of aromatic nitrogens is 3. The minimum atomic E-state index is 0.276. The molecule has 0 spiro atoms. The smallest absolute Gasteiger partial charge is 0.220 e. The number of anilines is 2. The predicted octanol–water partition coefficient (Wildman–Crippen LogP) is 3.70. The Balaban J connectivity index is 1.49. The summed E-state index contributed by atoms with van der Waals surface area (Å²) in [6, 6.07) is 22.7. The van der Waals surface area contributed by atoms with Gasteiger partial charge in [-0.1, -0.05) is 42.5 Å². The molecule has 2 aromatic carbocycles. The normalized spacial score (nSPS) is 14.2. The summed E-state index contributed by atoms with van der Waals surface area (Å²) < 4.78 is 5.44. The van der Waals surface area contributed by atoms with Crippen LogP contribution in [0.25, 0.3) is 22.3 Å². The zero-order valence-corrected chi connectivity index (χ0v) is 16.7. The quantitative estimate of drug-likeness (QED) is 0.566. The highest BCUT2D eigenvalue weighted by Gasteiger charge is 2.13. The van der Waals surface area contributed by atoms with Crippen LogP contribution in [-0.4, -0.2) is 41.3 Å². The van der Waals surface area contributed by atoms with E-state index in [1.54, 1.807) is 0 Å². The van der Waals surface area contributed by atoms with Crippen LogP contribution in [-0.2, 0) is 11.2 Å². The van der Waals surface area contributed by atoms with Crippen molar-refractivity contribution in [2.45, 2.75) is 6.42 Å². The minimum absolute atomic E-state index is 0.276. The second-order valence-corrected chi connectivity index (χ2v) is 7.40. The Bertz CT molecular complexity index is 1160. The van der Waals surface area contributed by atoms with Crippen molar-refractivity contribution < 1.29 is 4.74 Å². The third-order valence-corrected chi connectivity index (χ3v) is 5.39. The van der Waals surface area contributed by atoms with Crippen LogP contribution in [0.3, 0.4) is 0 Å². The first-order chi connectivity index (χ1) is 14.8. The first kappa shape index (κ1) is 18.5. The van der Waals surface area contributed by atoms with Crippen molar-refractivity contribution >= 4 is 22.7 Å². The van der Waals surface area contributed by atoms with E-state index in [9.17, 15) is 0 Å². The van der Waals surface area contributed by atoms with Gasteiger partial charge >= 0.3 is 0 Å². The number of nitrogens with zero attached hydrogens (tertiary/aromatic N) is 4. The number of nitrogen functional groups attached to an aromatic ring is 1. The lowest BCUT2D eigenvalue weighted by Gasteiger charge is -2.28. The zero-order chi connectivity index (χ0) is 20.3. The molecule has 1 aliphatic heterocycles. The lowest BCUT2D eigenvalue weighted by molar-refractivity contribution is 0.122. The molecule has 4 aromatic rings. The van der Waals surface area contributed by atoms with Gasteiger partial charge in [0.15, 0.2) is 0 Å². The molecule has 150 valence electrons. The fraction of sp³-hybridized carbons (Fsp3) is 0.208. The highest BCUT2D eigenvalue weighted by Crippen LogP contribution is 2.26. The minimum Gasteiger partial charge on any atom is -0.378 e. The number of ether oxygens (including phenoxy) is 1. The molecular weight excluding hydrogens is 374 g/mol. The fourth-order valence-electron chi connectivity index (χ4n) is 3.83. The van der Waals surface area contributed by atoms with Crippen molar-refractivity contribution in [3.05, 3.63) is 78.0 Å². The van der Waals surface area contributed by atoms with E-state index in [-0.39, 0.29) is 5.95 Å². The Hall–Kier alpha value is -3.51. The molecule has 0 amide bonds. The summed E-state index contributed by atoms with van der Waals surface area (Å²) in [4.78, 5) is 16.1. The van der Waals surface area contributed by atoms with Crippen molar-refractivity contribution in [1.82, 2.24) is 15.0 Å². The summed E-state index contributed by atoms with van der Waals surface area (Å²) in [5, 5.41) is 0. The van der Waals surface area contributed by atoms with Gasteiger partial charge < -0.3 is 15.4 Å². The Labute approximate surface area is 175 Å². The van der Waals surface area contributed by atoms with E-state index in [1.807, 2.05) is 30.3 Å². The molecule has 2 N–H and O–H groups in total. The van der Waals surface area contributed by atoms with Crippen LogP contribution >= 0.6 is 0 Å². The Morgan fingerprint density at radius 2 is 1.60 bits per heavy atom. The number of fused-ring (bicyclic) bond motifs is 1. The van der Waals surface area contributed by atoms with Crippen molar-refractivity contribution in [3.8, 4) is 11.3 Å². The number of benzene rings is 2. The lowest BCUT2D eigenvalue weighted by atomic mass is 10.1. The van der Waals surface area contributed by atoms with Crippen molar-refractivity contribution in [2.24, 2.45) is 0 Å². The monoisotopic (exact) mass is 397 g/mol. The van der Waals surface area contributed by atoms with Crippen LogP contribution in [0.5, 0.6) is 0 Å². The molecule has 2 aromatic heterocycles. The lowest BCUT2D eigenvalue weighted by Crippen LogP contribution is -2.36. The van der Waals surface area contributed by atoms with Crippen LogP contribution in [0.15, 0.2) is 66.7 Å². The Morgan fingerprint density at radius 1 is 0.833 bits per heavy atom. The summed E-state index contributed by atoms with van der Waals surface area (Å²) in [5.41, 5.74) is 12.7. The molecule has 30 heavy (non-hydrogen) atoms. The molecule has 0 aliphatic carbocycles. The highest BCUT2D eigenvalue weighted by atomic mass is 16.5. The van der Waals surface area contributed by atoms with Gasteiger partial charge in [0.2, 0.25) is 5.95 Å². The number of morpholine rings is 1. The van der Waals surface area contributed by atoms with E-state index >= 15 is 0 Å². The van der Waals surface area contributed by atoms with Gasteiger partial charge in [-0.15, -0.1) is 0 Å². The van der Waals surface area contributed by atoms with Crippen molar-refractivity contribution in [1.29, 1.82) is 0 Å². The Kier molecular flexibility index (Phi) is 4.99. The third-order valence-electron chi connectivity index (χ3n) is 5.39. The average molecular weight is 397 g/mol. The van der Waals surface area contributed by atoms with Crippen LogP contribution in [0.2, 0.25) is 0 Å². The second-order valence-electron chi connectivity index (χ2n) is 7.40. The van der Waals surface area contributed by atoms with E-state index < -0.39 is 0 Å². The molecule has 1 aliphatic rings. The SMILES string of the molecule is Nc1nc(Cc2ccccc2)c2nc(-c3ccc(N4CCOCC4)cc3)ccc2n1. The maximum atomic E-state index is 5.95. The van der Waals surface area contributed by atoms with Gasteiger partial charge in [0, 0.05) is 30.8 Å². The topological polar surface area (TPSA) is 77.2 Å². The molecule has 1 saturated heterocycles. The molecule has 6 heteroatoms. The van der Waals surface area contributed by atoms with Gasteiger partial charge in [0.25, 0.3) is 0 Å². The number of nitrogens with two attached hydrogens (primary N) is 1. The molecule has 6 nitrogen and oxygen atoms in total. The summed E-state index contributed by atoms with van der Waals surface area (Å²) in [6.45, 7) is 3.41.